The number of ether oxygens (including phenoxy) is 2. The lowest BCUT2D eigenvalue weighted by Gasteiger charge is -2.20. The number of aromatic nitrogens is 2. The summed E-state index contributed by atoms with van der Waals surface area (Å²) in [6.07, 6.45) is 2.96. The van der Waals surface area contributed by atoms with Gasteiger partial charge in [-0.15, -0.1) is 0 Å². The molecule has 0 spiro atoms. The maximum atomic E-state index is 5.56. The number of hydrogen-bond donors (Lipinski definition) is 2. The Morgan fingerprint density at radius 3 is 3.25 bits per heavy atom. The van der Waals surface area contributed by atoms with Gasteiger partial charge in [0.25, 0.3) is 0 Å². The predicted molar refractivity (Wildman–Crippen MR) is 60.1 cm³/mol. The van der Waals surface area contributed by atoms with E-state index in [0.717, 1.165) is 31.0 Å². The molecule has 1 atom stereocenters. The van der Waals surface area contributed by atoms with Crippen LogP contribution in [0, 0.1) is 0 Å². The Morgan fingerprint density at radius 1 is 1.56 bits per heavy atom. The highest BCUT2D eigenvalue weighted by molar-refractivity contribution is 5.03. The van der Waals surface area contributed by atoms with Crippen molar-refractivity contribution in [3.63, 3.8) is 0 Å². The van der Waals surface area contributed by atoms with Gasteiger partial charge < -0.3 is 19.8 Å². The lowest BCUT2D eigenvalue weighted by molar-refractivity contribution is -0.0932. The van der Waals surface area contributed by atoms with Crippen LogP contribution in [0.1, 0.15) is 31.0 Å². The third-order valence-electron chi connectivity index (χ3n) is 2.51. The number of rotatable bonds is 5. The lowest BCUT2D eigenvalue weighted by Crippen LogP contribution is -2.23. The van der Waals surface area contributed by atoms with Crippen LogP contribution < -0.4 is 5.32 Å². The summed E-state index contributed by atoms with van der Waals surface area (Å²) in [5, 5.41) is 3.32. The molecule has 1 aliphatic rings. The topological polar surface area (TPSA) is 59.2 Å². The summed E-state index contributed by atoms with van der Waals surface area (Å²) < 4.78 is 10.9. The van der Waals surface area contributed by atoms with E-state index in [4.69, 9.17) is 9.47 Å². The van der Waals surface area contributed by atoms with Crippen LogP contribution in [0.2, 0.25) is 0 Å². The van der Waals surface area contributed by atoms with Crippen LogP contribution in [0.5, 0.6) is 0 Å². The molecule has 2 heterocycles. The Morgan fingerprint density at radius 2 is 2.50 bits per heavy atom. The molecule has 1 aliphatic heterocycles. The molecular formula is C11H19N3O2. The van der Waals surface area contributed by atoms with Crippen molar-refractivity contribution >= 4 is 0 Å². The molecule has 16 heavy (non-hydrogen) atoms. The van der Waals surface area contributed by atoms with Crippen molar-refractivity contribution in [3.8, 4) is 0 Å². The Bertz CT molecular complexity index is 308. The van der Waals surface area contributed by atoms with Crippen molar-refractivity contribution in [1.29, 1.82) is 0 Å². The number of nitrogens with one attached hydrogen (secondary N) is 2. The molecule has 0 aliphatic carbocycles. The van der Waals surface area contributed by atoms with Gasteiger partial charge in [0.05, 0.1) is 19.8 Å². The van der Waals surface area contributed by atoms with Crippen LogP contribution in [0.4, 0.5) is 0 Å². The summed E-state index contributed by atoms with van der Waals surface area (Å²) in [4.78, 5) is 7.58. The number of imidazole rings is 1. The molecule has 0 saturated carbocycles. The molecule has 0 amide bonds. The fraction of sp³-hybridized carbons (Fsp3) is 0.727. The van der Waals surface area contributed by atoms with E-state index in [-0.39, 0.29) is 6.10 Å². The molecule has 5 heteroatoms. The molecule has 1 fully saturated rings. The van der Waals surface area contributed by atoms with Crippen molar-refractivity contribution in [2.24, 2.45) is 0 Å². The highest BCUT2D eigenvalue weighted by atomic mass is 16.6. The molecule has 2 rings (SSSR count). The summed E-state index contributed by atoms with van der Waals surface area (Å²) in [7, 11) is 0. The van der Waals surface area contributed by atoms with Crippen molar-refractivity contribution < 1.29 is 9.47 Å². The van der Waals surface area contributed by atoms with Gasteiger partial charge in [0.1, 0.15) is 11.9 Å². The highest BCUT2D eigenvalue weighted by Crippen LogP contribution is 2.17. The average Bonchev–Trinajstić information content (AvgIpc) is 2.79. The molecular weight excluding hydrogens is 206 g/mol. The van der Waals surface area contributed by atoms with E-state index in [1.165, 1.54) is 0 Å². The minimum absolute atomic E-state index is 0.0336. The molecule has 1 unspecified atom stereocenters. The van der Waals surface area contributed by atoms with Gasteiger partial charge in [-0.25, -0.2) is 4.98 Å². The fourth-order valence-electron chi connectivity index (χ4n) is 1.68. The first-order valence-corrected chi connectivity index (χ1v) is 5.84. The van der Waals surface area contributed by atoms with Crippen molar-refractivity contribution in [2.45, 2.75) is 26.0 Å². The first kappa shape index (κ1) is 11.6. The van der Waals surface area contributed by atoms with Crippen molar-refractivity contribution in [1.82, 2.24) is 15.3 Å². The van der Waals surface area contributed by atoms with E-state index in [9.17, 15) is 0 Å². The summed E-state index contributed by atoms with van der Waals surface area (Å²) in [6.45, 7) is 5.93. The third kappa shape index (κ3) is 3.04. The van der Waals surface area contributed by atoms with Gasteiger partial charge in [-0.2, -0.15) is 0 Å². The van der Waals surface area contributed by atoms with Crippen LogP contribution in [0.15, 0.2) is 6.20 Å². The second-order valence-corrected chi connectivity index (χ2v) is 3.90. The monoisotopic (exact) mass is 225 g/mol. The fourth-order valence-corrected chi connectivity index (χ4v) is 1.68. The van der Waals surface area contributed by atoms with E-state index in [1.807, 2.05) is 6.20 Å². The van der Waals surface area contributed by atoms with E-state index in [1.54, 1.807) is 0 Å². The largest absolute Gasteiger partial charge is 0.376 e. The first-order chi connectivity index (χ1) is 7.90. The number of nitrogens with zero attached hydrogens (tertiary/aromatic N) is 1. The van der Waals surface area contributed by atoms with Gasteiger partial charge >= 0.3 is 0 Å². The maximum absolute atomic E-state index is 5.56. The van der Waals surface area contributed by atoms with Gasteiger partial charge in [0.15, 0.2) is 0 Å². The van der Waals surface area contributed by atoms with Crippen LogP contribution in [-0.4, -0.2) is 36.3 Å². The molecule has 0 bridgehead atoms. The van der Waals surface area contributed by atoms with Crippen molar-refractivity contribution in [3.05, 3.63) is 17.7 Å². The van der Waals surface area contributed by atoms with Gasteiger partial charge in [0, 0.05) is 18.4 Å². The van der Waals surface area contributed by atoms with Gasteiger partial charge in [0.2, 0.25) is 0 Å². The molecule has 0 radical (unpaired) electrons. The molecule has 1 aromatic rings. The minimum atomic E-state index is -0.0336. The Kier molecular flexibility index (Phi) is 4.33. The normalized spacial score (nSPS) is 21.2. The van der Waals surface area contributed by atoms with Gasteiger partial charge in [-0.05, 0) is 13.0 Å². The number of H-pyrrole nitrogens is 1. The summed E-state index contributed by atoms with van der Waals surface area (Å²) >= 11 is 0. The average molecular weight is 225 g/mol. The predicted octanol–water partition coefficient (Wildman–Crippen LogP) is 0.997. The minimum Gasteiger partial charge on any atom is -0.376 e. The molecule has 90 valence electrons. The summed E-state index contributed by atoms with van der Waals surface area (Å²) in [5.41, 5.74) is 1.10. The van der Waals surface area contributed by atoms with Crippen LogP contribution >= 0.6 is 0 Å². The number of hydrogen-bond acceptors (Lipinski definition) is 4. The zero-order chi connectivity index (χ0) is 11.2. The van der Waals surface area contributed by atoms with E-state index >= 15 is 0 Å². The molecule has 0 aromatic carbocycles. The van der Waals surface area contributed by atoms with Crippen LogP contribution in [-0.2, 0) is 16.0 Å². The SMILES string of the molecule is CCCNCc1cnc(C2COCCO2)[nH]1. The van der Waals surface area contributed by atoms with Crippen LogP contribution in [0.25, 0.3) is 0 Å². The van der Waals surface area contributed by atoms with Crippen molar-refractivity contribution in [2.75, 3.05) is 26.4 Å². The molecule has 1 aromatic heterocycles. The second-order valence-electron chi connectivity index (χ2n) is 3.90. The summed E-state index contributed by atoms with van der Waals surface area (Å²) in [5.74, 6) is 0.869. The third-order valence-corrected chi connectivity index (χ3v) is 2.51. The van der Waals surface area contributed by atoms with Crippen LogP contribution in [0.3, 0.4) is 0 Å². The molecule has 5 nitrogen and oxygen atoms in total. The standard InChI is InChI=1S/C11H19N3O2/c1-2-3-12-6-9-7-13-11(14-9)10-8-15-4-5-16-10/h7,10,12H,2-6,8H2,1H3,(H,13,14). The lowest BCUT2D eigenvalue weighted by atomic mass is 10.3. The molecule has 1 saturated heterocycles. The van der Waals surface area contributed by atoms with Gasteiger partial charge in [-0.3, -0.25) is 0 Å². The second kappa shape index (κ2) is 5.98. The quantitative estimate of drug-likeness (QED) is 0.734. The smallest absolute Gasteiger partial charge is 0.138 e. The molecule has 2 N–H and O–H groups in total. The Hall–Kier alpha value is -0.910. The Balaban J connectivity index is 1.85. The zero-order valence-electron chi connectivity index (χ0n) is 9.66. The van der Waals surface area contributed by atoms with E-state index < -0.39 is 0 Å². The maximum Gasteiger partial charge on any atom is 0.138 e. The van der Waals surface area contributed by atoms with E-state index in [0.29, 0.717) is 19.8 Å². The first-order valence-electron chi connectivity index (χ1n) is 5.84. The van der Waals surface area contributed by atoms with E-state index in [2.05, 4.69) is 22.2 Å². The zero-order valence-corrected chi connectivity index (χ0v) is 9.66. The summed E-state index contributed by atoms with van der Waals surface area (Å²) in [6, 6.07) is 0. The Labute approximate surface area is 95.6 Å². The highest BCUT2D eigenvalue weighted by Gasteiger charge is 2.19. The number of aromatic amines is 1. The van der Waals surface area contributed by atoms with Gasteiger partial charge in [-0.1, -0.05) is 6.92 Å².